The number of carbonyl (C=O) groups is 1. The van der Waals surface area contributed by atoms with Crippen LogP contribution in [0.2, 0.25) is 0 Å². The zero-order valence-corrected chi connectivity index (χ0v) is 15.4. The van der Waals surface area contributed by atoms with Crippen LogP contribution >= 0.6 is 0 Å². The minimum Gasteiger partial charge on any atom is -0.490 e. The lowest BCUT2D eigenvalue weighted by Crippen LogP contribution is -2.07. The van der Waals surface area contributed by atoms with E-state index in [1.165, 1.54) is 25.7 Å². The SMILES string of the molecule is CCCCCCOc1ccc(C(=O)O)c(C)c1OCCCCCC. The van der Waals surface area contributed by atoms with Crippen molar-refractivity contribution in [3.05, 3.63) is 23.3 Å². The zero-order chi connectivity index (χ0) is 17.8. The van der Waals surface area contributed by atoms with E-state index >= 15 is 0 Å². The van der Waals surface area contributed by atoms with Crippen LogP contribution in [0.25, 0.3) is 0 Å². The molecule has 0 atom stereocenters. The van der Waals surface area contributed by atoms with Crippen LogP contribution in [-0.2, 0) is 0 Å². The summed E-state index contributed by atoms with van der Waals surface area (Å²) in [5.41, 5.74) is 0.918. The summed E-state index contributed by atoms with van der Waals surface area (Å²) >= 11 is 0. The number of rotatable bonds is 13. The van der Waals surface area contributed by atoms with Crippen LogP contribution in [0.3, 0.4) is 0 Å². The van der Waals surface area contributed by atoms with E-state index in [0.29, 0.717) is 30.3 Å². The van der Waals surface area contributed by atoms with Crippen molar-refractivity contribution in [1.82, 2.24) is 0 Å². The number of carboxylic acids is 1. The molecule has 0 spiro atoms. The van der Waals surface area contributed by atoms with Gasteiger partial charge in [-0.25, -0.2) is 4.79 Å². The number of carboxylic acid groups (broad SMARTS) is 1. The van der Waals surface area contributed by atoms with Gasteiger partial charge in [-0.05, 0) is 31.9 Å². The van der Waals surface area contributed by atoms with E-state index in [1.807, 2.05) is 0 Å². The molecule has 0 aliphatic carbocycles. The highest BCUT2D eigenvalue weighted by Gasteiger charge is 2.16. The van der Waals surface area contributed by atoms with Crippen molar-refractivity contribution in [2.75, 3.05) is 13.2 Å². The maximum atomic E-state index is 11.3. The smallest absolute Gasteiger partial charge is 0.336 e. The van der Waals surface area contributed by atoms with Crippen molar-refractivity contribution in [1.29, 1.82) is 0 Å². The van der Waals surface area contributed by atoms with Crippen LogP contribution < -0.4 is 9.47 Å². The van der Waals surface area contributed by atoms with Gasteiger partial charge < -0.3 is 14.6 Å². The van der Waals surface area contributed by atoms with Gasteiger partial charge in [-0.15, -0.1) is 0 Å². The number of hydrogen-bond donors (Lipinski definition) is 1. The van der Waals surface area contributed by atoms with Gasteiger partial charge in [0, 0.05) is 5.56 Å². The molecule has 0 saturated carbocycles. The zero-order valence-electron chi connectivity index (χ0n) is 15.4. The lowest BCUT2D eigenvalue weighted by Gasteiger charge is -2.16. The maximum Gasteiger partial charge on any atom is 0.336 e. The van der Waals surface area contributed by atoms with Crippen LogP contribution in [0, 0.1) is 6.92 Å². The molecule has 0 unspecified atom stereocenters. The Balaban J connectivity index is 2.72. The van der Waals surface area contributed by atoms with Gasteiger partial charge in [0.25, 0.3) is 0 Å². The largest absolute Gasteiger partial charge is 0.490 e. The minimum atomic E-state index is -0.933. The molecule has 0 fully saturated rings. The summed E-state index contributed by atoms with van der Waals surface area (Å²) < 4.78 is 11.8. The standard InChI is InChI=1S/C20H32O4/c1-4-6-8-10-14-23-18-13-12-17(20(21)22)16(3)19(18)24-15-11-9-7-5-2/h12-13H,4-11,14-15H2,1-3H3,(H,21,22). The summed E-state index contributed by atoms with van der Waals surface area (Å²) in [4.78, 5) is 11.3. The molecule has 24 heavy (non-hydrogen) atoms. The van der Waals surface area contributed by atoms with Gasteiger partial charge in [0.2, 0.25) is 0 Å². The lowest BCUT2D eigenvalue weighted by atomic mass is 10.1. The Morgan fingerprint density at radius 1 is 0.917 bits per heavy atom. The molecule has 0 aliphatic rings. The van der Waals surface area contributed by atoms with Gasteiger partial charge in [0.1, 0.15) is 0 Å². The molecule has 4 heteroatoms. The first-order chi connectivity index (χ1) is 11.6. The fourth-order valence-corrected chi connectivity index (χ4v) is 2.61. The molecule has 4 nitrogen and oxygen atoms in total. The van der Waals surface area contributed by atoms with E-state index in [0.717, 1.165) is 25.7 Å². The van der Waals surface area contributed by atoms with Crippen LogP contribution in [0.15, 0.2) is 12.1 Å². The van der Waals surface area contributed by atoms with Gasteiger partial charge in [0.05, 0.1) is 18.8 Å². The third-order valence-corrected chi connectivity index (χ3v) is 4.10. The number of aromatic carboxylic acids is 1. The van der Waals surface area contributed by atoms with E-state index in [9.17, 15) is 9.90 Å². The first-order valence-electron chi connectivity index (χ1n) is 9.24. The van der Waals surface area contributed by atoms with Crippen LogP contribution in [-0.4, -0.2) is 24.3 Å². The third kappa shape index (κ3) is 6.81. The van der Waals surface area contributed by atoms with Crippen LogP contribution in [0.5, 0.6) is 11.5 Å². The summed E-state index contributed by atoms with van der Waals surface area (Å²) in [6.45, 7) is 7.37. The summed E-state index contributed by atoms with van der Waals surface area (Å²) in [7, 11) is 0. The van der Waals surface area contributed by atoms with Crippen LogP contribution in [0.4, 0.5) is 0 Å². The number of unbranched alkanes of at least 4 members (excludes halogenated alkanes) is 6. The average Bonchev–Trinajstić information content (AvgIpc) is 2.56. The lowest BCUT2D eigenvalue weighted by molar-refractivity contribution is 0.0695. The fraction of sp³-hybridized carbons (Fsp3) is 0.650. The van der Waals surface area contributed by atoms with Crippen molar-refractivity contribution >= 4 is 5.97 Å². The van der Waals surface area contributed by atoms with Gasteiger partial charge in [-0.1, -0.05) is 52.4 Å². The van der Waals surface area contributed by atoms with Crippen molar-refractivity contribution in [3.63, 3.8) is 0 Å². The molecule has 1 N–H and O–H groups in total. The van der Waals surface area contributed by atoms with Crippen molar-refractivity contribution < 1.29 is 19.4 Å². The first kappa shape index (κ1) is 20.3. The molecule has 0 bridgehead atoms. The van der Waals surface area contributed by atoms with E-state index in [1.54, 1.807) is 19.1 Å². The first-order valence-corrected chi connectivity index (χ1v) is 9.24. The molecule has 0 amide bonds. The average molecular weight is 336 g/mol. The normalized spacial score (nSPS) is 10.6. The molecule has 0 aliphatic heterocycles. The number of hydrogen-bond acceptors (Lipinski definition) is 3. The predicted octanol–water partition coefficient (Wildman–Crippen LogP) is 5.61. The summed E-state index contributed by atoms with van der Waals surface area (Å²) in [6, 6.07) is 3.32. The maximum absolute atomic E-state index is 11.3. The molecular formula is C20H32O4. The highest BCUT2D eigenvalue weighted by Crippen LogP contribution is 2.34. The minimum absolute atomic E-state index is 0.275. The summed E-state index contributed by atoms with van der Waals surface area (Å²) in [5.74, 6) is 0.309. The Morgan fingerprint density at radius 3 is 2.04 bits per heavy atom. The Kier molecular flexibility index (Phi) is 9.97. The van der Waals surface area contributed by atoms with Crippen molar-refractivity contribution in [2.24, 2.45) is 0 Å². The van der Waals surface area contributed by atoms with E-state index in [-0.39, 0.29) is 5.56 Å². The highest BCUT2D eigenvalue weighted by atomic mass is 16.5. The van der Waals surface area contributed by atoms with Gasteiger partial charge >= 0.3 is 5.97 Å². The van der Waals surface area contributed by atoms with Gasteiger partial charge in [-0.3, -0.25) is 0 Å². The second-order valence-electron chi connectivity index (χ2n) is 6.19. The highest BCUT2D eigenvalue weighted by molar-refractivity contribution is 5.90. The second kappa shape index (κ2) is 11.8. The topological polar surface area (TPSA) is 55.8 Å². The molecule has 0 saturated heterocycles. The van der Waals surface area contributed by atoms with E-state index in [4.69, 9.17) is 9.47 Å². The molecule has 1 aromatic carbocycles. The molecule has 1 rings (SSSR count). The Hall–Kier alpha value is -1.71. The Morgan fingerprint density at radius 2 is 1.50 bits per heavy atom. The third-order valence-electron chi connectivity index (χ3n) is 4.10. The van der Waals surface area contributed by atoms with Crippen LogP contribution in [0.1, 0.15) is 81.1 Å². The Labute approximate surface area is 146 Å². The van der Waals surface area contributed by atoms with Crippen molar-refractivity contribution in [2.45, 2.75) is 72.1 Å². The predicted molar refractivity (Wildman–Crippen MR) is 97.4 cm³/mol. The van der Waals surface area contributed by atoms with Gasteiger partial charge in [0.15, 0.2) is 11.5 Å². The molecule has 0 radical (unpaired) electrons. The quantitative estimate of drug-likeness (QED) is 0.476. The van der Waals surface area contributed by atoms with E-state index in [2.05, 4.69) is 13.8 Å². The van der Waals surface area contributed by atoms with Crippen molar-refractivity contribution in [3.8, 4) is 11.5 Å². The molecule has 0 aromatic heterocycles. The fourth-order valence-electron chi connectivity index (χ4n) is 2.61. The summed E-state index contributed by atoms with van der Waals surface area (Å²) in [6.07, 6.45) is 9.03. The number of ether oxygens (including phenoxy) is 2. The van der Waals surface area contributed by atoms with Gasteiger partial charge in [-0.2, -0.15) is 0 Å². The molecule has 136 valence electrons. The molecule has 0 heterocycles. The molecule has 1 aromatic rings. The van der Waals surface area contributed by atoms with E-state index < -0.39 is 5.97 Å². The monoisotopic (exact) mass is 336 g/mol. The molecular weight excluding hydrogens is 304 g/mol. The summed E-state index contributed by atoms with van der Waals surface area (Å²) in [5, 5.41) is 9.30. The Bertz CT molecular complexity index is 497. The second-order valence-corrected chi connectivity index (χ2v) is 6.19. The number of benzene rings is 1.